The number of hydrogen-bond acceptors (Lipinski definition) is 4. The third kappa shape index (κ3) is 2.95. The number of rotatable bonds is 5. The molecule has 28 heavy (non-hydrogen) atoms. The Balaban J connectivity index is 1.56. The molecule has 9 heteroatoms. The van der Waals surface area contributed by atoms with Crippen LogP contribution in [0.15, 0.2) is 35.3 Å². The van der Waals surface area contributed by atoms with Crippen molar-refractivity contribution in [3.63, 3.8) is 0 Å². The monoisotopic (exact) mass is 393 g/mol. The Morgan fingerprint density at radius 2 is 2.14 bits per heavy atom. The van der Waals surface area contributed by atoms with Gasteiger partial charge >= 0.3 is 0 Å². The lowest BCUT2D eigenvalue weighted by molar-refractivity contribution is 0.0948. The van der Waals surface area contributed by atoms with Crippen molar-refractivity contribution in [1.29, 1.82) is 0 Å². The Bertz CT molecular complexity index is 994. The van der Waals surface area contributed by atoms with Crippen molar-refractivity contribution in [3.05, 3.63) is 63.3 Å². The predicted molar refractivity (Wildman–Crippen MR) is 94.6 cm³/mol. The molecule has 5 rings (SSSR count). The first kappa shape index (κ1) is 18.5. The van der Waals surface area contributed by atoms with Gasteiger partial charge in [-0.2, -0.15) is 0 Å². The maximum absolute atomic E-state index is 14.1. The van der Waals surface area contributed by atoms with Crippen LogP contribution in [0.2, 0.25) is 0 Å². The Morgan fingerprint density at radius 1 is 1.39 bits per heavy atom. The molecule has 6 nitrogen and oxygen atoms in total. The van der Waals surface area contributed by atoms with Crippen LogP contribution in [-0.4, -0.2) is 23.2 Å². The molecule has 3 N–H and O–H groups in total. The summed E-state index contributed by atoms with van der Waals surface area (Å²) in [6.07, 6.45) is -0.0301. The molecule has 148 valence electrons. The number of pyridine rings is 1. The average molecular weight is 393 g/mol. The van der Waals surface area contributed by atoms with Crippen LogP contribution >= 0.6 is 0 Å². The Labute approximate surface area is 158 Å². The summed E-state index contributed by atoms with van der Waals surface area (Å²) in [6.45, 7) is 0.105. The first-order valence-corrected chi connectivity index (χ1v) is 8.79. The number of alkyl halides is 2. The van der Waals surface area contributed by atoms with E-state index in [1.165, 1.54) is 29.0 Å². The molecule has 3 fully saturated rings. The SMILES string of the molecule is Nc1cc(=O)n(C23COC(C2)C3)cc1C(=O)NCc1cccc(C(F)F)c1F. The predicted octanol–water partition coefficient (Wildman–Crippen LogP) is 2.33. The number of anilines is 1. The zero-order valence-electron chi connectivity index (χ0n) is 14.8. The van der Waals surface area contributed by atoms with Gasteiger partial charge < -0.3 is 20.4 Å². The zero-order valence-corrected chi connectivity index (χ0v) is 14.8. The van der Waals surface area contributed by atoms with Crippen molar-refractivity contribution in [2.24, 2.45) is 0 Å². The Hall–Kier alpha value is -2.81. The smallest absolute Gasteiger partial charge is 0.266 e. The van der Waals surface area contributed by atoms with Gasteiger partial charge in [-0.25, -0.2) is 13.2 Å². The first-order valence-electron chi connectivity index (χ1n) is 8.79. The summed E-state index contributed by atoms with van der Waals surface area (Å²) in [5, 5.41) is 2.48. The molecule has 1 saturated carbocycles. The minimum atomic E-state index is -2.95. The van der Waals surface area contributed by atoms with Crippen LogP contribution in [0.3, 0.4) is 0 Å². The molecule has 0 unspecified atom stereocenters. The van der Waals surface area contributed by atoms with Gasteiger partial charge in [-0.05, 0) is 12.8 Å². The Morgan fingerprint density at radius 3 is 2.79 bits per heavy atom. The fraction of sp³-hybridized carbons (Fsp3) is 0.368. The van der Waals surface area contributed by atoms with Crippen LogP contribution in [-0.2, 0) is 16.8 Å². The molecule has 3 heterocycles. The number of nitrogens with one attached hydrogen (secondary N) is 1. The zero-order chi connectivity index (χ0) is 20.1. The van der Waals surface area contributed by atoms with E-state index in [-0.39, 0.29) is 35.0 Å². The summed E-state index contributed by atoms with van der Waals surface area (Å²) < 4.78 is 46.7. The van der Waals surface area contributed by atoms with E-state index in [0.29, 0.717) is 19.4 Å². The first-order chi connectivity index (χ1) is 13.3. The molecule has 3 aliphatic rings. The number of benzene rings is 1. The van der Waals surface area contributed by atoms with Crippen LogP contribution in [0.5, 0.6) is 0 Å². The third-order valence-electron chi connectivity index (χ3n) is 5.43. The highest BCUT2D eigenvalue weighted by Gasteiger charge is 2.53. The molecular weight excluding hydrogens is 375 g/mol. The molecule has 2 aromatic rings. The van der Waals surface area contributed by atoms with E-state index in [0.717, 1.165) is 6.07 Å². The summed E-state index contributed by atoms with van der Waals surface area (Å²) in [7, 11) is 0. The van der Waals surface area contributed by atoms with Gasteiger partial charge in [0.1, 0.15) is 5.82 Å². The summed E-state index contributed by atoms with van der Waals surface area (Å²) in [5.41, 5.74) is 4.32. The molecule has 2 bridgehead atoms. The summed E-state index contributed by atoms with van der Waals surface area (Å²) in [5.74, 6) is -1.68. The standard InChI is InChI=1S/C19H18F3N3O3/c20-16-10(2-1-3-12(16)17(21)22)7-24-18(27)13-8-25(15(26)4-14(13)23)19-5-11(6-19)28-9-19/h1-4,8,11,17H,5-7,9,23H2,(H,24,27). The lowest BCUT2D eigenvalue weighted by Gasteiger charge is -2.37. The van der Waals surface area contributed by atoms with Gasteiger partial charge in [0.25, 0.3) is 17.9 Å². The quantitative estimate of drug-likeness (QED) is 0.816. The molecular formula is C19H18F3N3O3. The van der Waals surface area contributed by atoms with Crippen molar-refractivity contribution < 1.29 is 22.7 Å². The number of ether oxygens (including phenoxy) is 1. The minimum absolute atomic E-state index is 0.00765. The number of nitrogens with two attached hydrogens (primary N) is 1. The number of aromatic nitrogens is 1. The van der Waals surface area contributed by atoms with Gasteiger partial charge in [-0.15, -0.1) is 0 Å². The maximum Gasteiger partial charge on any atom is 0.266 e. The normalized spacial score (nSPS) is 22.9. The van der Waals surface area contributed by atoms with E-state index in [9.17, 15) is 22.8 Å². The highest BCUT2D eigenvalue weighted by Crippen LogP contribution is 2.47. The summed E-state index contributed by atoms with van der Waals surface area (Å²) in [6, 6.07) is 4.78. The van der Waals surface area contributed by atoms with Gasteiger partial charge in [0.15, 0.2) is 0 Å². The van der Waals surface area contributed by atoms with Crippen LogP contribution < -0.4 is 16.6 Å². The molecule has 1 aromatic carbocycles. The van der Waals surface area contributed by atoms with Gasteiger partial charge in [0.05, 0.1) is 35.1 Å². The van der Waals surface area contributed by atoms with E-state index in [1.54, 1.807) is 0 Å². The van der Waals surface area contributed by atoms with Crippen LogP contribution in [0.4, 0.5) is 18.9 Å². The topological polar surface area (TPSA) is 86.3 Å². The number of carbonyl (C=O) groups is 1. The van der Waals surface area contributed by atoms with Crippen LogP contribution in [0.25, 0.3) is 0 Å². The number of nitrogen functional groups attached to an aromatic ring is 1. The number of nitrogens with zero attached hydrogens (tertiary/aromatic N) is 1. The van der Waals surface area contributed by atoms with Crippen molar-refractivity contribution in [1.82, 2.24) is 9.88 Å². The molecule has 0 radical (unpaired) electrons. The molecule has 0 atom stereocenters. The molecule has 2 aliphatic heterocycles. The van der Waals surface area contributed by atoms with Crippen molar-refractivity contribution in [2.75, 3.05) is 12.3 Å². The van der Waals surface area contributed by atoms with E-state index in [2.05, 4.69) is 5.32 Å². The number of halogens is 3. The molecule has 1 amide bonds. The van der Waals surface area contributed by atoms with E-state index in [4.69, 9.17) is 10.5 Å². The second-order valence-electron chi connectivity index (χ2n) is 7.22. The molecule has 1 aliphatic carbocycles. The fourth-order valence-electron chi connectivity index (χ4n) is 3.85. The highest BCUT2D eigenvalue weighted by atomic mass is 19.3. The number of hydrogen-bond donors (Lipinski definition) is 2. The summed E-state index contributed by atoms with van der Waals surface area (Å²) >= 11 is 0. The van der Waals surface area contributed by atoms with Crippen LogP contribution in [0.1, 0.15) is 40.8 Å². The van der Waals surface area contributed by atoms with Crippen molar-refractivity contribution >= 4 is 11.6 Å². The largest absolute Gasteiger partial charge is 0.398 e. The number of fused-ring (bicyclic) bond motifs is 1. The van der Waals surface area contributed by atoms with Gasteiger partial charge in [-0.1, -0.05) is 18.2 Å². The maximum atomic E-state index is 14.1. The number of carbonyl (C=O) groups excluding carboxylic acids is 1. The minimum Gasteiger partial charge on any atom is -0.398 e. The lowest BCUT2D eigenvalue weighted by Crippen LogP contribution is -2.48. The van der Waals surface area contributed by atoms with E-state index >= 15 is 0 Å². The van der Waals surface area contributed by atoms with Gasteiger partial charge in [0, 0.05) is 24.4 Å². The van der Waals surface area contributed by atoms with Gasteiger partial charge in [-0.3, -0.25) is 9.59 Å². The second-order valence-corrected chi connectivity index (χ2v) is 7.22. The fourth-order valence-corrected chi connectivity index (χ4v) is 3.85. The van der Waals surface area contributed by atoms with E-state index < -0.39 is 29.3 Å². The second kappa shape index (κ2) is 6.66. The van der Waals surface area contributed by atoms with E-state index in [1.807, 2.05) is 0 Å². The molecule has 0 spiro atoms. The highest BCUT2D eigenvalue weighted by molar-refractivity contribution is 5.98. The third-order valence-corrected chi connectivity index (χ3v) is 5.43. The summed E-state index contributed by atoms with van der Waals surface area (Å²) in [4.78, 5) is 24.9. The van der Waals surface area contributed by atoms with Crippen LogP contribution in [0, 0.1) is 5.82 Å². The number of amides is 1. The van der Waals surface area contributed by atoms with Crippen molar-refractivity contribution in [3.8, 4) is 0 Å². The lowest BCUT2D eigenvalue weighted by atomic mass is 9.78. The average Bonchev–Trinajstić information content (AvgIpc) is 3.22. The van der Waals surface area contributed by atoms with Crippen molar-refractivity contribution in [2.45, 2.75) is 37.5 Å². The molecule has 2 saturated heterocycles. The van der Waals surface area contributed by atoms with Gasteiger partial charge in [0.2, 0.25) is 0 Å². The molecule has 1 aromatic heterocycles. The Kier molecular flexibility index (Phi) is 4.41.